The van der Waals surface area contributed by atoms with Gasteiger partial charge in [-0.25, -0.2) is 4.98 Å². The van der Waals surface area contributed by atoms with Crippen molar-refractivity contribution in [1.29, 1.82) is 0 Å². The van der Waals surface area contributed by atoms with Crippen LogP contribution < -0.4 is 10.1 Å². The number of hydrogen-bond donors (Lipinski definition) is 1. The lowest BCUT2D eigenvalue weighted by atomic mass is 10.3. The standard InChI is InChI=1S/C14H17BrN2OS/c1-10(2)18-12-4-3-8-16-14(12)17-9-7-11-5-6-13(15)19-11/h3-6,8,10H,7,9H2,1-2H3,(H,16,17). The van der Waals surface area contributed by atoms with E-state index in [0.717, 1.165) is 24.5 Å². The summed E-state index contributed by atoms with van der Waals surface area (Å²) < 4.78 is 6.89. The third-order valence-corrected chi connectivity index (χ3v) is 4.11. The van der Waals surface area contributed by atoms with Crippen molar-refractivity contribution in [2.24, 2.45) is 0 Å². The van der Waals surface area contributed by atoms with Crippen LogP contribution in [0.2, 0.25) is 0 Å². The molecule has 102 valence electrons. The summed E-state index contributed by atoms with van der Waals surface area (Å²) in [5.74, 6) is 1.62. The first-order valence-electron chi connectivity index (χ1n) is 6.25. The van der Waals surface area contributed by atoms with E-state index in [1.54, 1.807) is 17.5 Å². The summed E-state index contributed by atoms with van der Waals surface area (Å²) in [5.41, 5.74) is 0. The van der Waals surface area contributed by atoms with Gasteiger partial charge in [0.1, 0.15) is 0 Å². The van der Waals surface area contributed by atoms with Crippen LogP contribution in [0, 0.1) is 0 Å². The molecule has 0 fully saturated rings. The molecule has 0 atom stereocenters. The van der Waals surface area contributed by atoms with Gasteiger partial charge in [-0.15, -0.1) is 11.3 Å². The van der Waals surface area contributed by atoms with Crippen molar-refractivity contribution in [3.05, 3.63) is 39.1 Å². The van der Waals surface area contributed by atoms with Crippen LogP contribution in [-0.4, -0.2) is 17.6 Å². The quantitative estimate of drug-likeness (QED) is 0.848. The highest BCUT2D eigenvalue weighted by molar-refractivity contribution is 9.11. The van der Waals surface area contributed by atoms with Gasteiger partial charge in [-0.3, -0.25) is 0 Å². The maximum absolute atomic E-state index is 5.72. The van der Waals surface area contributed by atoms with E-state index in [-0.39, 0.29) is 6.10 Å². The molecule has 0 amide bonds. The first kappa shape index (κ1) is 14.3. The number of anilines is 1. The molecule has 0 saturated carbocycles. The lowest BCUT2D eigenvalue weighted by Gasteiger charge is -2.14. The summed E-state index contributed by atoms with van der Waals surface area (Å²) in [4.78, 5) is 5.67. The second-order valence-electron chi connectivity index (χ2n) is 4.40. The summed E-state index contributed by atoms with van der Waals surface area (Å²) >= 11 is 5.24. The molecule has 1 N–H and O–H groups in total. The minimum Gasteiger partial charge on any atom is -0.487 e. The average molecular weight is 341 g/mol. The van der Waals surface area contributed by atoms with Gasteiger partial charge in [-0.2, -0.15) is 0 Å². The molecule has 2 rings (SSSR count). The molecule has 0 saturated heterocycles. The Balaban J connectivity index is 1.92. The van der Waals surface area contributed by atoms with Crippen molar-refractivity contribution in [3.8, 4) is 5.75 Å². The van der Waals surface area contributed by atoms with E-state index in [4.69, 9.17) is 4.74 Å². The number of aromatic nitrogens is 1. The highest BCUT2D eigenvalue weighted by Crippen LogP contribution is 2.24. The van der Waals surface area contributed by atoms with Crippen molar-refractivity contribution in [2.75, 3.05) is 11.9 Å². The predicted octanol–water partition coefficient (Wildman–Crippen LogP) is 4.35. The molecule has 0 aromatic carbocycles. The van der Waals surface area contributed by atoms with Gasteiger partial charge in [0.2, 0.25) is 0 Å². The van der Waals surface area contributed by atoms with E-state index in [2.05, 4.69) is 38.4 Å². The normalized spacial score (nSPS) is 10.7. The number of hydrogen-bond acceptors (Lipinski definition) is 4. The number of thiophene rings is 1. The molecular formula is C14H17BrN2OS. The zero-order valence-corrected chi connectivity index (χ0v) is 13.4. The first-order valence-corrected chi connectivity index (χ1v) is 7.86. The third kappa shape index (κ3) is 4.51. The second kappa shape index (κ2) is 6.91. The van der Waals surface area contributed by atoms with Crippen LogP contribution in [-0.2, 0) is 6.42 Å². The van der Waals surface area contributed by atoms with Crippen LogP contribution in [0.5, 0.6) is 5.75 Å². The van der Waals surface area contributed by atoms with Crippen molar-refractivity contribution in [3.63, 3.8) is 0 Å². The Morgan fingerprint density at radius 3 is 2.89 bits per heavy atom. The maximum atomic E-state index is 5.72. The maximum Gasteiger partial charge on any atom is 0.168 e. The fraction of sp³-hybridized carbons (Fsp3) is 0.357. The van der Waals surface area contributed by atoms with Crippen molar-refractivity contribution in [1.82, 2.24) is 4.98 Å². The van der Waals surface area contributed by atoms with Crippen LogP contribution in [0.1, 0.15) is 18.7 Å². The number of halogens is 1. The molecule has 2 heterocycles. The minimum absolute atomic E-state index is 0.151. The Hall–Kier alpha value is -1.07. The van der Waals surface area contributed by atoms with Crippen LogP contribution in [0.3, 0.4) is 0 Å². The lowest BCUT2D eigenvalue weighted by molar-refractivity contribution is 0.243. The molecule has 0 aliphatic heterocycles. The summed E-state index contributed by atoms with van der Waals surface area (Å²) in [7, 11) is 0. The molecule has 5 heteroatoms. The van der Waals surface area contributed by atoms with E-state index >= 15 is 0 Å². The minimum atomic E-state index is 0.151. The number of ether oxygens (including phenoxy) is 1. The number of nitrogens with zero attached hydrogens (tertiary/aromatic N) is 1. The molecule has 3 nitrogen and oxygen atoms in total. The van der Waals surface area contributed by atoms with Gasteiger partial charge in [0.25, 0.3) is 0 Å². The SMILES string of the molecule is CC(C)Oc1cccnc1NCCc1ccc(Br)s1. The van der Waals surface area contributed by atoms with E-state index in [1.165, 1.54) is 8.66 Å². The zero-order chi connectivity index (χ0) is 13.7. The highest BCUT2D eigenvalue weighted by atomic mass is 79.9. The van der Waals surface area contributed by atoms with Gasteiger partial charge in [-0.1, -0.05) is 0 Å². The zero-order valence-electron chi connectivity index (χ0n) is 11.0. The molecule has 2 aromatic heterocycles. The first-order chi connectivity index (χ1) is 9.15. The van der Waals surface area contributed by atoms with Gasteiger partial charge in [0.05, 0.1) is 9.89 Å². The van der Waals surface area contributed by atoms with Crippen LogP contribution in [0.4, 0.5) is 5.82 Å². The smallest absolute Gasteiger partial charge is 0.168 e. The van der Waals surface area contributed by atoms with Crippen LogP contribution in [0.25, 0.3) is 0 Å². The summed E-state index contributed by atoms with van der Waals surface area (Å²) in [6.45, 7) is 4.87. The van der Waals surface area contributed by atoms with Crippen molar-refractivity contribution in [2.45, 2.75) is 26.4 Å². The van der Waals surface area contributed by atoms with E-state index < -0.39 is 0 Å². The molecule has 0 spiro atoms. The monoisotopic (exact) mass is 340 g/mol. The Kier molecular flexibility index (Phi) is 5.22. The highest BCUT2D eigenvalue weighted by Gasteiger charge is 2.06. The van der Waals surface area contributed by atoms with Gasteiger partial charge >= 0.3 is 0 Å². The van der Waals surface area contributed by atoms with Gasteiger partial charge in [0.15, 0.2) is 11.6 Å². The second-order valence-corrected chi connectivity index (χ2v) is 6.95. The molecule has 0 unspecified atom stereocenters. The van der Waals surface area contributed by atoms with Crippen molar-refractivity contribution >= 4 is 33.1 Å². The topological polar surface area (TPSA) is 34.1 Å². The van der Waals surface area contributed by atoms with E-state index in [0.29, 0.717) is 0 Å². The third-order valence-electron chi connectivity index (χ3n) is 2.43. The van der Waals surface area contributed by atoms with E-state index in [1.807, 2.05) is 26.0 Å². The van der Waals surface area contributed by atoms with Crippen LogP contribution in [0.15, 0.2) is 34.2 Å². The Morgan fingerprint density at radius 1 is 1.37 bits per heavy atom. The fourth-order valence-corrected chi connectivity index (χ4v) is 3.15. The van der Waals surface area contributed by atoms with Gasteiger partial charge < -0.3 is 10.1 Å². The van der Waals surface area contributed by atoms with Crippen molar-refractivity contribution < 1.29 is 4.74 Å². The Labute approximate surface area is 126 Å². The number of nitrogens with one attached hydrogen (secondary N) is 1. The fourth-order valence-electron chi connectivity index (χ4n) is 1.66. The Bertz CT molecular complexity index is 528. The van der Waals surface area contributed by atoms with E-state index in [9.17, 15) is 0 Å². The predicted molar refractivity (Wildman–Crippen MR) is 84.2 cm³/mol. The summed E-state index contributed by atoms with van der Waals surface area (Å²) in [5, 5.41) is 3.33. The molecule has 19 heavy (non-hydrogen) atoms. The lowest BCUT2D eigenvalue weighted by Crippen LogP contribution is -2.11. The van der Waals surface area contributed by atoms with Gasteiger partial charge in [-0.05, 0) is 60.5 Å². The molecule has 0 aliphatic rings. The molecule has 0 bridgehead atoms. The molecular weight excluding hydrogens is 324 g/mol. The number of rotatable bonds is 6. The summed E-state index contributed by atoms with van der Waals surface area (Å²) in [6, 6.07) is 8.05. The largest absolute Gasteiger partial charge is 0.487 e. The number of pyridine rings is 1. The Morgan fingerprint density at radius 2 is 2.21 bits per heavy atom. The average Bonchev–Trinajstić information content (AvgIpc) is 2.77. The molecule has 2 aromatic rings. The summed E-state index contributed by atoms with van der Waals surface area (Å²) in [6.07, 6.45) is 2.91. The molecule has 0 radical (unpaired) electrons. The molecule has 0 aliphatic carbocycles. The van der Waals surface area contributed by atoms with Crippen LogP contribution >= 0.6 is 27.3 Å². The van der Waals surface area contributed by atoms with Gasteiger partial charge in [0, 0.05) is 17.6 Å².